The fourth-order valence-electron chi connectivity index (χ4n) is 0.937. The van der Waals surface area contributed by atoms with Crippen molar-refractivity contribution in [1.82, 2.24) is 5.32 Å². The van der Waals surface area contributed by atoms with Crippen LogP contribution in [0, 0.1) is 0 Å². The normalized spacial score (nSPS) is 11.7. The van der Waals surface area contributed by atoms with E-state index in [1.807, 2.05) is 0 Å². The Bertz CT molecular complexity index is 590. The smallest absolute Gasteiger partial charge is 0.283 e. The van der Waals surface area contributed by atoms with E-state index in [0.29, 0.717) is 0 Å². The number of nitrogen functional groups attached to an aromatic ring is 1. The molecule has 0 aliphatic carbocycles. The Balaban J connectivity index is 3.14. The van der Waals surface area contributed by atoms with Gasteiger partial charge in [-0.05, 0) is 12.1 Å². The summed E-state index contributed by atoms with van der Waals surface area (Å²) in [6.07, 6.45) is 0.892. The maximum atomic E-state index is 11.8. The molecule has 0 unspecified atom stereocenters. The first-order valence-corrected chi connectivity index (χ1v) is 6.95. The van der Waals surface area contributed by atoms with Crippen molar-refractivity contribution in [2.24, 2.45) is 4.40 Å². The largest absolute Gasteiger partial charge is 0.396 e. The van der Waals surface area contributed by atoms with Gasteiger partial charge in [-0.2, -0.15) is 8.42 Å². The Kier molecular flexibility index (Phi) is 4.86. The van der Waals surface area contributed by atoms with Crippen LogP contribution in [0.4, 0.5) is 5.69 Å². The minimum atomic E-state index is -3.93. The molecule has 0 saturated heterocycles. The van der Waals surface area contributed by atoms with E-state index >= 15 is 0 Å². The molecule has 1 aromatic rings. The van der Waals surface area contributed by atoms with Gasteiger partial charge in [0, 0.05) is 0 Å². The Morgan fingerprint density at radius 3 is 2.33 bits per heavy atom. The molecule has 0 aliphatic rings. The lowest BCUT2D eigenvalue weighted by atomic mass is 10.3. The number of rotatable bonds is 4. The molecule has 5 nitrogen and oxygen atoms in total. The summed E-state index contributed by atoms with van der Waals surface area (Å²) in [6.45, 7) is 3.30. The highest BCUT2D eigenvalue weighted by Crippen LogP contribution is 2.31. The standard InChI is InChI=1S/C9H8Cl3N3O2S/c1-5(10)14-4-15-18(16,17)6-2-7(11)9(13)8(12)3-6/h2-4H,1,13H2,(H,14,15). The first-order valence-electron chi connectivity index (χ1n) is 4.38. The van der Waals surface area contributed by atoms with Gasteiger partial charge in [0.1, 0.15) is 6.34 Å². The van der Waals surface area contributed by atoms with E-state index in [2.05, 4.69) is 16.3 Å². The first kappa shape index (κ1) is 15.1. The number of hydrogen-bond acceptors (Lipinski definition) is 3. The van der Waals surface area contributed by atoms with Crippen molar-refractivity contribution in [3.05, 3.63) is 33.9 Å². The number of hydrogen-bond donors (Lipinski definition) is 2. The summed E-state index contributed by atoms with van der Waals surface area (Å²) >= 11 is 16.8. The SMILES string of the molecule is C=C(Cl)NC=NS(=O)(=O)c1cc(Cl)c(N)c(Cl)c1. The van der Waals surface area contributed by atoms with Crippen molar-refractivity contribution >= 4 is 56.9 Å². The number of benzene rings is 1. The molecule has 18 heavy (non-hydrogen) atoms. The van der Waals surface area contributed by atoms with Gasteiger partial charge in [-0.15, -0.1) is 4.40 Å². The fourth-order valence-corrected chi connectivity index (χ4v) is 2.45. The highest BCUT2D eigenvalue weighted by Gasteiger charge is 2.15. The number of sulfonamides is 1. The average molecular weight is 329 g/mol. The second-order valence-corrected chi connectivity index (χ2v) is 5.96. The molecule has 0 aliphatic heterocycles. The second kappa shape index (κ2) is 5.79. The van der Waals surface area contributed by atoms with Crippen LogP contribution in [0.3, 0.4) is 0 Å². The molecule has 0 atom stereocenters. The van der Waals surface area contributed by atoms with Gasteiger partial charge < -0.3 is 11.1 Å². The highest BCUT2D eigenvalue weighted by molar-refractivity contribution is 7.90. The molecule has 0 saturated carbocycles. The molecule has 1 aromatic carbocycles. The predicted octanol–water partition coefficient (Wildman–Crippen LogP) is 2.59. The molecule has 0 spiro atoms. The number of nitrogens with one attached hydrogen (secondary N) is 1. The van der Waals surface area contributed by atoms with Gasteiger partial charge in [0.2, 0.25) is 0 Å². The summed E-state index contributed by atoms with van der Waals surface area (Å²) in [7, 11) is -3.93. The lowest BCUT2D eigenvalue weighted by molar-refractivity contribution is 0.598. The van der Waals surface area contributed by atoms with Crippen LogP contribution in [-0.2, 0) is 10.0 Å². The van der Waals surface area contributed by atoms with E-state index in [-0.39, 0.29) is 25.8 Å². The molecule has 0 bridgehead atoms. The lowest BCUT2D eigenvalue weighted by Gasteiger charge is -2.04. The van der Waals surface area contributed by atoms with E-state index in [1.54, 1.807) is 0 Å². The quantitative estimate of drug-likeness (QED) is 0.385. The molecule has 98 valence electrons. The molecule has 9 heteroatoms. The molecule has 0 heterocycles. The Labute approximate surface area is 119 Å². The lowest BCUT2D eigenvalue weighted by Crippen LogP contribution is -2.08. The van der Waals surface area contributed by atoms with Crippen molar-refractivity contribution in [2.45, 2.75) is 4.90 Å². The van der Waals surface area contributed by atoms with Crippen LogP contribution >= 0.6 is 34.8 Å². The zero-order chi connectivity index (χ0) is 13.9. The number of nitrogens with two attached hydrogens (primary N) is 1. The summed E-state index contributed by atoms with van der Waals surface area (Å²) in [5, 5.41) is 2.42. The zero-order valence-corrected chi connectivity index (χ0v) is 11.9. The molecular weight excluding hydrogens is 321 g/mol. The predicted molar refractivity (Wildman–Crippen MR) is 74.7 cm³/mol. The molecular formula is C9H8Cl3N3O2S. The van der Waals surface area contributed by atoms with Crippen molar-refractivity contribution in [1.29, 1.82) is 0 Å². The van der Waals surface area contributed by atoms with Crippen molar-refractivity contribution in [3.8, 4) is 0 Å². The van der Waals surface area contributed by atoms with Gasteiger partial charge >= 0.3 is 0 Å². The van der Waals surface area contributed by atoms with Crippen LogP contribution in [0.2, 0.25) is 10.0 Å². The molecule has 0 fully saturated rings. The van der Waals surface area contributed by atoms with Crippen molar-refractivity contribution in [3.63, 3.8) is 0 Å². The first-order chi connectivity index (χ1) is 8.24. The summed E-state index contributed by atoms with van der Waals surface area (Å²) in [5.74, 6) is 0. The molecule has 0 amide bonds. The van der Waals surface area contributed by atoms with Crippen LogP contribution in [0.5, 0.6) is 0 Å². The van der Waals surface area contributed by atoms with E-state index in [4.69, 9.17) is 40.5 Å². The van der Waals surface area contributed by atoms with Gasteiger partial charge in [0.05, 0.1) is 25.8 Å². The van der Waals surface area contributed by atoms with E-state index < -0.39 is 10.0 Å². The summed E-state index contributed by atoms with van der Waals surface area (Å²) in [4.78, 5) is -0.176. The van der Waals surface area contributed by atoms with Gasteiger partial charge in [-0.25, -0.2) is 0 Å². The third kappa shape index (κ3) is 3.78. The topological polar surface area (TPSA) is 84.5 Å². The van der Waals surface area contributed by atoms with Gasteiger partial charge in [0.25, 0.3) is 10.0 Å². The van der Waals surface area contributed by atoms with Gasteiger partial charge in [0.15, 0.2) is 0 Å². The Morgan fingerprint density at radius 1 is 1.39 bits per heavy atom. The van der Waals surface area contributed by atoms with Crippen LogP contribution < -0.4 is 11.1 Å². The average Bonchev–Trinajstić information content (AvgIpc) is 2.24. The monoisotopic (exact) mass is 327 g/mol. The van der Waals surface area contributed by atoms with E-state index in [9.17, 15) is 8.42 Å². The van der Waals surface area contributed by atoms with Crippen LogP contribution in [0.25, 0.3) is 0 Å². The minimum absolute atomic E-state index is 0.0299. The third-order valence-electron chi connectivity index (χ3n) is 1.76. The second-order valence-electron chi connectivity index (χ2n) is 3.06. The van der Waals surface area contributed by atoms with E-state index in [1.165, 1.54) is 0 Å². The fraction of sp³-hybridized carbons (Fsp3) is 0. The Hall–Kier alpha value is -0.950. The third-order valence-corrected chi connectivity index (χ3v) is 3.71. The Morgan fingerprint density at radius 2 is 1.89 bits per heavy atom. The zero-order valence-electron chi connectivity index (χ0n) is 8.82. The van der Waals surface area contributed by atoms with Crippen LogP contribution in [-0.4, -0.2) is 14.8 Å². The van der Waals surface area contributed by atoms with Gasteiger partial charge in [-0.1, -0.05) is 41.4 Å². The maximum absolute atomic E-state index is 11.8. The summed E-state index contributed by atoms with van der Waals surface area (Å²) in [5.41, 5.74) is 5.60. The van der Waals surface area contributed by atoms with E-state index in [0.717, 1.165) is 18.5 Å². The number of anilines is 1. The molecule has 3 N–H and O–H groups in total. The minimum Gasteiger partial charge on any atom is -0.396 e. The van der Waals surface area contributed by atoms with Crippen LogP contribution in [0.1, 0.15) is 0 Å². The van der Waals surface area contributed by atoms with Gasteiger partial charge in [-0.3, -0.25) is 0 Å². The number of halogens is 3. The summed E-state index contributed by atoms with van der Waals surface area (Å²) in [6, 6.07) is 2.32. The van der Waals surface area contributed by atoms with Crippen molar-refractivity contribution < 1.29 is 8.42 Å². The summed E-state index contributed by atoms with van der Waals surface area (Å²) < 4.78 is 26.8. The molecule has 0 aromatic heterocycles. The molecule has 0 radical (unpaired) electrons. The number of nitrogens with zero attached hydrogens (tertiary/aromatic N) is 1. The van der Waals surface area contributed by atoms with Crippen molar-refractivity contribution in [2.75, 3.05) is 5.73 Å². The highest BCUT2D eigenvalue weighted by atomic mass is 35.5. The molecule has 1 rings (SSSR count). The van der Waals surface area contributed by atoms with Crippen LogP contribution in [0.15, 0.2) is 33.2 Å². The maximum Gasteiger partial charge on any atom is 0.283 e.